The first-order valence-electron chi connectivity index (χ1n) is 8.99. The summed E-state index contributed by atoms with van der Waals surface area (Å²) in [6, 6.07) is 13.9. The molecule has 2 aromatic rings. The molecule has 0 unspecified atom stereocenters. The standard InChI is InChI=1S/C22H28N2O2/c1-6-18-9-7-8-16(3)19(18)24-21(26)22(4,5)20(25)23-14-17-12-10-15(2)11-13-17/h7-13H,6,14H2,1-5H3,(H,23,25)(H,24,26). The summed E-state index contributed by atoms with van der Waals surface area (Å²) >= 11 is 0. The first-order chi connectivity index (χ1) is 12.3. The fourth-order valence-corrected chi connectivity index (χ4v) is 2.68. The summed E-state index contributed by atoms with van der Waals surface area (Å²) in [5.74, 6) is -0.592. The molecule has 0 saturated heterocycles. The van der Waals surface area contributed by atoms with Crippen LogP contribution in [0.2, 0.25) is 0 Å². The van der Waals surface area contributed by atoms with Crippen LogP contribution in [0.4, 0.5) is 5.69 Å². The Hall–Kier alpha value is -2.62. The molecule has 26 heavy (non-hydrogen) atoms. The molecule has 0 aliphatic rings. The Morgan fingerprint density at radius 1 is 0.962 bits per heavy atom. The van der Waals surface area contributed by atoms with Gasteiger partial charge in [0.1, 0.15) is 5.41 Å². The average molecular weight is 352 g/mol. The topological polar surface area (TPSA) is 58.2 Å². The largest absolute Gasteiger partial charge is 0.351 e. The second-order valence-corrected chi connectivity index (χ2v) is 7.21. The average Bonchev–Trinajstić information content (AvgIpc) is 2.62. The second kappa shape index (κ2) is 8.17. The number of amides is 2. The third-order valence-corrected chi connectivity index (χ3v) is 4.69. The van der Waals surface area contributed by atoms with Gasteiger partial charge in [0.25, 0.3) is 0 Å². The van der Waals surface area contributed by atoms with Gasteiger partial charge in [0, 0.05) is 12.2 Å². The van der Waals surface area contributed by atoms with Crippen LogP contribution in [0.15, 0.2) is 42.5 Å². The van der Waals surface area contributed by atoms with Gasteiger partial charge in [-0.3, -0.25) is 9.59 Å². The summed E-state index contributed by atoms with van der Waals surface area (Å²) < 4.78 is 0. The molecule has 4 heteroatoms. The Morgan fingerprint density at radius 3 is 2.23 bits per heavy atom. The smallest absolute Gasteiger partial charge is 0.239 e. The normalized spacial score (nSPS) is 11.1. The van der Waals surface area contributed by atoms with E-state index >= 15 is 0 Å². The Balaban J connectivity index is 2.07. The molecular weight excluding hydrogens is 324 g/mol. The molecule has 0 atom stereocenters. The first kappa shape index (κ1) is 19.7. The van der Waals surface area contributed by atoms with Gasteiger partial charge in [-0.15, -0.1) is 0 Å². The zero-order valence-electron chi connectivity index (χ0n) is 16.3. The molecule has 0 aliphatic carbocycles. The maximum absolute atomic E-state index is 12.8. The van der Waals surface area contributed by atoms with Crippen molar-refractivity contribution >= 4 is 17.5 Å². The highest BCUT2D eigenvalue weighted by Crippen LogP contribution is 2.25. The lowest BCUT2D eigenvalue weighted by molar-refractivity contribution is -0.138. The van der Waals surface area contributed by atoms with Crippen molar-refractivity contribution in [2.45, 2.75) is 47.6 Å². The van der Waals surface area contributed by atoms with Crippen LogP contribution >= 0.6 is 0 Å². The van der Waals surface area contributed by atoms with E-state index in [1.165, 1.54) is 5.56 Å². The Kier molecular flexibility index (Phi) is 6.19. The monoisotopic (exact) mass is 352 g/mol. The molecule has 0 radical (unpaired) electrons. The number of carbonyl (C=O) groups is 2. The van der Waals surface area contributed by atoms with Crippen LogP contribution in [0.5, 0.6) is 0 Å². The highest BCUT2D eigenvalue weighted by molar-refractivity contribution is 6.10. The quantitative estimate of drug-likeness (QED) is 0.768. The molecular formula is C22H28N2O2. The van der Waals surface area contributed by atoms with E-state index in [1.54, 1.807) is 13.8 Å². The van der Waals surface area contributed by atoms with E-state index in [4.69, 9.17) is 0 Å². The van der Waals surface area contributed by atoms with Crippen molar-refractivity contribution < 1.29 is 9.59 Å². The van der Waals surface area contributed by atoms with Crippen LogP contribution < -0.4 is 10.6 Å². The third-order valence-electron chi connectivity index (χ3n) is 4.69. The molecule has 2 N–H and O–H groups in total. The van der Waals surface area contributed by atoms with Gasteiger partial charge in [-0.2, -0.15) is 0 Å². The minimum atomic E-state index is -1.17. The number of carbonyl (C=O) groups excluding carboxylic acids is 2. The summed E-state index contributed by atoms with van der Waals surface area (Å²) in [5, 5.41) is 5.83. The Labute approximate surface area is 156 Å². The number of hydrogen-bond donors (Lipinski definition) is 2. The number of rotatable bonds is 6. The second-order valence-electron chi connectivity index (χ2n) is 7.21. The molecule has 0 aromatic heterocycles. The molecule has 0 saturated carbocycles. The minimum Gasteiger partial charge on any atom is -0.351 e. The van der Waals surface area contributed by atoms with Crippen molar-refractivity contribution in [1.82, 2.24) is 5.32 Å². The zero-order chi connectivity index (χ0) is 19.3. The van der Waals surface area contributed by atoms with Gasteiger partial charge in [-0.05, 0) is 50.8 Å². The van der Waals surface area contributed by atoms with Gasteiger partial charge < -0.3 is 10.6 Å². The highest BCUT2D eigenvalue weighted by atomic mass is 16.2. The summed E-state index contributed by atoms with van der Waals surface area (Å²) in [4.78, 5) is 25.4. The summed E-state index contributed by atoms with van der Waals surface area (Å²) in [6.07, 6.45) is 0.817. The Bertz CT molecular complexity index is 792. The molecule has 2 rings (SSSR count). The molecule has 2 amide bonds. The number of hydrogen-bond acceptors (Lipinski definition) is 2. The van der Waals surface area contributed by atoms with Crippen molar-refractivity contribution in [3.63, 3.8) is 0 Å². The van der Waals surface area contributed by atoms with Crippen LogP contribution in [0.3, 0.4) is 0 Å². The maximum Gasteiger partial charge on any atom is 0.239 e. The van der Waals surface area contributed by atoms with E-state index in [-0.39, 0.29) is 11.8 Å². The maximum atomic E-state index is 12.8. The first-order valence-corrected chi connectivity index (χ1v) is 8.99. The molecule has 138 valence electrons. The lowest BCUT2D eigenvalue weighted by atomic mass is 9.90. The fraction of sp³-hybridized carbons (Fsp3) is 0.364. The fourth-order valence-electron chi connectivity index (χ4n) is 2.68. The van der Waals surface area contributed by atoms with Gasteiger partial charge in [-0.1, -0.05) is 55.0 Å². The van der Waals surface area contributed by atoms with Crippen LogP contribution in [-0.2, 0) is 22.6 Å². The van der Waals surface area contributed by atoms with E-state index < -0.39 is 5.41 Å². The third kappa shape index (κ3) is 4.51. The minimum absolute atomic E-state index is 0.290. The van der Waals surface area contributed by atoms with Crippen molar-refractivity contribution in [2.75, 3.05) is 5.32 Å². The summed E-state index contributed by atoms with van der Waals surface area (Å²) in [6.45, 7) is 9.73. The number of benzene rings is 2. The van der Waals surface area contributed by atoms with Crippen molar-refractivity contribution in [3.05, 3.63) is 64.7 Å². The van der Waals surface area contributed by atoms with Gasteiger partial charge in [0.2, 0.25) is 11.8 Å². The molecule has 0 aliphatic heterocycles. The molecule has 2 aromatic carbocycles. The van der Waals surface area contributed by atoms with Crippen LogP contribution in [0.25, 0.3) is 0 Å². The molecule has 0 heterocycles. The molecule has 0 bridgehead atoms. The summed E-state index contributed by atoms with van der Waals surface area (Å²) in [7, 11) is 0. The summed E-state index contributed by atoms with van der Waals surface area (Å²) in [5.41, 5.74) is 3.87. The molecule has 0 spiro atoms. The van der Waals surface area contributed by atoms with Crippen LogP contribution in [0, 0.1) is 19.3 Å². The van der Waals surface area contributed by atoms with Crippen molar-refractivity contribution in [2.24, 2.45) is 5.41 Å². The zero-order valence-corrected chi connectivity index (χ0v) is 16.3. The van der Waals surface area contributed by atoms with E-state index in [0.29, 0.717) is 6.54 Å². The Morgan fingerprint density at radius 2 is 1.62 bits per heavy atom. The van der Waals surface area contributed by atoms with Crippen molar-refractivity contribution in [3.8, 4) is 0 Å². The molecule has 4 nitrogen and oxygen atoms in total. The van der Waals surface area contributed by atoms with Crippen LogP contribution in [-0.4, -0.2) is 11.8 Å². The van der Waals surface area contributed by atoms with Gasteiger partial charge >= 0.3 is 0 Å². The predicted octanol–water partition coefficient (Wildman–Crippen LogP) is 4.15. The van der Waals surface area contributed by atoms with E-state index in [0.717, 1.165) is 28.8 Å². The van der Waals surface area contributed by atoms with Crippen LogP contribution in [0.1, 0.15) is 43.0 Å². The van der Waals surface area contributed by atoms with Gasteiger partial charge in [0.05, 0.1) is 0 Å². The van der Waals surface area contributed by atoms with E-state index in [2.05, 4.69) is 10.6 Å². The molecule has 0 fully saturated rings. The lowest BCUT2D eigenvalue weighted by Gasteiger charge is -2.24. The number of para-hydroxylation sites is 1. The van der Waals surface area contributed by atoms with Gasteiger partial charge in [-0.25, -0.2) is 0 Å². The number of nitrogens with one attached hydrogen (secondary N) is 2. The SMILES string of the molecule is CCc1cccc(C)c1NC(=O)C(C)(C)C(=O)NCc1ccc(C)cc1. The van der Waals surface area contributed by atoms with Gasteiger partial charge in [0.15, 0.2) is 0 Å². The predicted molar refractivity (Wildman–Crippen MR) is 106 cm³/mol. The number of anilines is 1. The highest BCUT2D eigenvalue weighted by Gasteiger charge is 2.36. The van der Waals surface area contributed by atoms with E-state index in [9.17, 15) is 9.59 Å². The number of aryl methyl sites for hydroxylation is 3. The van der Waals surface area contributed by atoms with E-state index in [1.807, 2.05) is 63.2 Å². The van der Waals surface area contributed by atoms with Crippen molar-refractivity contribution in [1.29, 1.82) is 0 Å². The lowest BCUT2D eigenvalue weighted by Crippen LogP contribution is -2.45.